The number of fused-ring (bicyclic) bond motifs is 8. The average Bonchev–Trinajstić information content (AvgIpc) is 3.82. The number of allylic oxidation sites excluding steroid dienone is 1. The number of Topliss-reactive ketones (excluding diaryl/α,β-unsaturated/α-hetero) is 1. The van der Waals surface area contributed by atoms with Crippen molar-refractivity contribution in [3.05, 3.63) is 96.4 Å². The molecule has 1 aliphatic carbocycles. The average molecular weight is 671 g/mol. The number of aliphatic hydroxyl groups is 1. The molecule has 0 aromatic carbocycles. The van der Waals surface area contributed by atoms with Crippen molar-refractivity contribution < 1.29 is 29.0 Å². The van der Waals surface area contributed by atoms with Gasteiger partial charge in [-0.15, -0.1) is 33.1 Å². The van der Waals surface area contributed by atoms with Crippen molar-refractivity contribution in [1.29, 1.82) is 0 Å². The fourth-order valence-corrected chi connectivity index (χ4v) is 7.36. The molecule has 8 bridgehead atoms. The van der Waals surface area contributed by atoms with Gasteiger partial charge in [0, 0.05) is 12.0 Å². The van der Waals surface area contributed by atoms with Gasteiger partial charge in [0.1, 0.15) is 12.5 Å². The summed E-state index contributed by atoms with van der Waals surface area (Å²) < 4.78 is 10.4. The van der Waals surface area contributed by atoms with E-state index in [1.807, 2.05) is 45.9 Å². The van der Waals surface area contributed by atoms with Crippen molar-refractivity contribution in [3.63, 3.8) is 0 Å². The number of ether oxygens (including phenoxy) is 2. The molecule has 6 rings (SSSR count). The number of hydrogen-bond donors (Lipinski definition) is 1. The Hall–Kier alpha value is -4.48. The van der Waals surface area contributed by atoms with E-state index in [0.717, 1.165) is 28.6 Å². The van der Waals surface area contributed by atoms with E-state index in [0.29, 0.717) is 67.9 Å². The molecule has 0 spiro atoms. The fourth-order valence-electron chi connectivity index (χ4n) is 7.36. The molecule has 3 aromatic rings. The van der Waals surface area contributed by atoms with Crippen molar-refractivity contribution >= 4 is 76.9 Å². The third-order valence-corrected chi connectivity index (χ3v) is 9.90. The summed E-state index contributed by atoms with van der Waals surface area (Å²) in [5, 5.41) is 17.6. The molecule has 0 amide bonds. The smallest absolute Gasteiger partial charge is 0.681 e. The number of aromatic nitrogens is 3. The maximum absolute atomic E-state index is 14.1. The van der Waals surface area contributed by atoms with Crippen molar-refractivity contribution in [3.8, 4) is 0 Å². The predicted octanol–water partition coefficient (Wildman–Crippen LogP) is 1.96. The predicted molar refractivity (Wildman–Crippen MR) is 188 cm³/mol. The van der Waals surface area contributed by atoms with E-state index in [4.69, 9.17) is 29.7 Å². The van der Waals surface area contributed by atoms with Gasteiger partial charge in [-0.3, -0.25) is 14.4 Å². The molecule has 3 aromatic heterocycles. The molecule has 4 atom stereocenters. The zero-order chi connectivity index (χ0) is 34.4. The molecule has 1 unspecified atom stereocenters. The van der Waals surface area contributed by atoms with Crippen LogP contribution in [0, 0.1) is 31.6 Å². The van der Waals surface area contributed by atoms with Gasteiger partial charge in [-0.2, -0.15) is 5.70 Å². The summed E-state index contributed by atoms with van der Waals surface area (Å²) in [5.41, 5.74) is 6.65. The largest absolute Gasteiger partial charge is 2.00 e. The number of aliphatic hydroxyl groups excluding tert-OH is 1. The van der Waals surface area contributed by atoms with Crippen LogP contribution >= 0.6 is 0 Å². The van der Waals surface area contributed by atoms with Gasteiger partial charge in [0.25, 0.3) is 0 Å². The SMILES string of the molecule is C=CCOC(=O)CC[C@@H]1C2[N-]/C(=C\c3[n-]c(c(C=C)c3C)/C=c3\[n-]c(c(CC)\c3=C\O)/C=c3\[n-]c4c(c3C)C(=O)[C@H](C(=O)OC)C=42)[C@H]1C.[Mg+2]. The first-order chi connectivity index (χ1) is 23.1. The van der Waals surface area contributed by atoms with E-state index in [2.05, 4.69) is 13.2 Å². The van der Waals surface area contributed by atoms with Gasteiger partial charge in [0.05, 0.1) is 13.4 Å². The molecule has 0 saturated carbocycles. The molecule has 3 aliphatic rings. The molecule has 10 nitrogen and oxygen atoms in total. The summed E-state index contributed by atoms with van der Waals surface area (Å²) in [7, 11) is 1.26. The number of carbonyl (C=O) groups is 3. The monoisotopic (exact) mass is 670 g/mol. The van der Waals surface area contributed by atoms with Gasteiger partial charge >= 0.3 is 35.0 Å². The number of ketones is 1. The first-order valence-corrected chi connectivity index (χ1v) is 16.1. The van der Waals surface area contributed by atoms with Crippen molar-refractivity contribution in [2.24, 2.45) is 17.8 Å². The normalized spacial score (nSPS) is 23.3. The first kappa shape index (κ1) is 35.8. The number of methoxy groups -OCH3 is 1. The van der Waals surface area contributed by atoms with Gasteiger partial charge in [-0.25, -0.2) is 0 Å². The minimum atomic E-state index is -1.22. The third kappa shape index (κ3) is 5.92. The van der Waals surface area contributed by atoms with Crippen molar-refractivity contribution in [2.75, 3.05) is 13.7 Å². The minimum Gasteiger partial charge on any atom is -0.681 e. The Balaban J connectivity index is 0.00000468. The van der Waals surface area contributed by atoms with Crippen LogP contribution in [0.25, 0.3) is 41.5 Å². The molecule has 1 N–H and O–H groups in total. The van der Waals surface area contributed by atoms with E-state index in [9.17, 15) is 19.5 Å². The van der Waals surface area contributed by atoms with Crippen molar-refractivity contribution in [2.45, 2.75) is 53.0 Å². The number of rotatable bonds is 8. The second kappa shape index (κ2) is 14.2. The van der Waals surface area contributed by atoms with Crippen LogP contribution in [0.4, 0.5) is 0 Å². The van der Waals surface area contributed by atoms with Crippen LogP contribution in [-0.4, -0.2) is 65.6 Å². The van der Waals surface area contributed by atoms with Crippen LogP contribution in [-0.2, 0) is 25.5 Å². The van der Waals surface area contributed by atoms with E-state index in [1.54, 1.807) is 6.08 Å². The Morgan fingerprint density at radius 1 is 1.02 bits per heavy atom. The maximum atomic E-state index is 14.1. The second-order valence-electron chi connectivity index (χ2n) is 12.4. The fraction of sp³-hybridized carbons (Fsp3) is 0.342. The second-order valence-corrected chi connectivity index (χ2v) is 12.4. The number of carbonyl (C=O) groups excluding carboxylic acids is 3. The standard InChI is InChI=1S/C38H38N4O6.Mg/c1-8-13-48-31(44)12-11-23-19(5)26-14-25-18(4)21(9-2)28(39-25)16-30-24(17-43)22(10-3)29(40-30)15-27-20(6)32-36(42-27)33(35(23)41-26)34(37(32)45)38(46)47-7;/h8-9,14-17,19,23,34-35H,1-2,10-13H2,3-7H3,(H,43,45);/q-4;+2/b26-14-,30-16-;/t19-,23-,34+,35?;/m0./s1. The summed E-state index contributed by atoms with van der Waals surface area (Å²) in [4.78, 5) is 54.9. The summed E-state index contributed by atoms with van der Waals surface area (Å²) in [5.74, 6) is -3.09. The molecular weight excluding hydrogens is 633 g/mol. The molecule has 11 heteroatoms. The van der Waals surface area contributed by atoms with Crippen LogP contribution in [0.2, 0.25) is 0 Å². The molecule has 0 radical (unpaired) electrons. The van der Waals surface area contributed by atoms with Crippen LogP contribution < -0.4 is 36.2 Å². The zero-order valence-electron chi connectivity index (χ0n) is 28.5. The maximum Gasteiger partial charge on any atom is 2.00 e. The van der Waals surface area contributed by atoms with Crippen molar-refractivity contribution in [1.82, 2.24) is 15.0 Å². The molecule has 250 valence electrons. The van der Waals surface area contributed by atoms with Gasteiger partial charge < -0.3 is 34.8 Å². The molecular formula is C38H38MgN4O6-2. The number of esters is 2. The Labute approximate surface area is 300 Å². The molecule has 2 aliphatic heterocycles. The van der Waals surface area contributed by atoms with Gasteiger partial charge in [-0.05, 0) is 49.3 Å². The Morgan fingerprint density at radius 3 is 2.41 bits per heavy atom. The summed E-state index contributed by atoms with van der Waals surface area (Å²) in [6, 6.07) is -0.645. The third-order valence-electron chi connectivity index (χ3n) is 9.90. The molecule has 1 fully saturated rings. The molecule has 5 heterocycles. The molecule has 49 heavy (non-hydrogen) atoms. The first-order valence-electron chi connectivity index (χ1n) is 16.1. The quantitative estimate of drug-likeness (QED) is 0.165. The zero-order valence-corrected chi connectivity index (χ0v) is 29.9. The molecule has 1 saturated heterocycles. The van der Waals surface area contributed by atoms with Gasteiger partial charge in [-0.1, -0.05) is 85.7 Å². The minimum absolute atomic E-state index is 0. The van der Waals surface area contributed by atoms with Crippen LogP contribution in [0.5, 0.6) is 0 Å². The summed E-state index contributed by atoms with van der Waals surface area (Å²) in [6.45, 7) is 15.5. The van der Waals surface area contributed by atoms with Gasteiger partial charge in [0.15, 0.2) is 5.78 Å². The number of hydrogen-bond acceptors (Lipinski definition) is 6. The Bertz CT molecular complexity index is 2160. The topological polar surface area (TPSA) is 146 Å². The van der Waals surface area contributed by atoms with Crippen LogP contribution in [0.15, 0.2) is 24.9 Å². The van der Waals surface area contributed by atoms with Gasteiger partial charge in [0.2, 0.25) is 0 Å². The van der Waals surface area contributed by atoms with Crippen LogP contribution in [0.1, 0.15) is 76.4 Å². The Kier molecular flexibility index (Phi) is 10.4. The van der Waals surface area contributed by atoms with E-state index >= 15 is 0 Å². The van der Waals surface area contributed by atoms with E-state index in [-0.39, 0.29) is 59.7 Å². The Morgan fingerprint density at radius 2 is 1.76 bits per heavy atom. The van der Waals surface area contributed by atoms with E-state index in [1.165, 1.54) is 13.2 Å². The summed E-state index contributed by atoms with van der Waals surface area (Å²) >= 11 is 0. The van der Waals surface area contributed by atoms with Crippen LogP contribution in [0.3, 0.4) is 0 Å². The summed E-state index contributed by atoms with van der Waals surface area (Å²) in [6.07, 6.45) is 11.0. The van der Waals surface area contributed by atoms with E-state index < -0.39 is 17.9 Å². The number of nitrogens with zero attached hydrogens (tertiary/aromatic N) is 4.